The van der Waals surface area contributed by atoms with E-state index in [0.717, 1.165) is 6.42 Å². The van der Waals surface area contributed by atoms with Gasteiger partial charge in [0.15, 0.2) is 0 Å². The molecule has 0 atom stereocenters. The summed E-state index contributed by atoms with van der Waals surface area (Å²) in [6, 6.07) is 2.44. The van der Waals surface area contributed by atoms with Crippen molar-refractivity contribution in [3.05, 3.63) is 29.8 Å². The number of nitrogens with zero attached hydrogens (tertiary/aromatic N) is 1. The van der Waals surface area contributed by atoms with Gasteiger partial charge in [-0.25, -0.2) is 4.39 Å². The van der Waals surface area contributed by atoms with Crippen LogP contribution < -0.4 is 0 Å². The van der Waals surface area contributed by atoms with E-state index in [2.05, 4.69) is 4.98 Å². The zero-order chi connectivity index (χ0) is 10.2. The second-order valence-electron chi connectivity index (χ2n) is 3.60. The predicted octanol–water partition coefficient (Wildman–Crippen LogP) is 1.73. The lowest BCUT2D eigenvalue weighted by Gasteiger charge is -2.36. The van der Waals surface area contributed by atoms with E-state index in [9.17, 15) is 9.18 Å². The molecule has 0 saturated heterocycles. The molecule has 1 aromatic heterocycles. The molecule has 0 radical (unpaired) electrons. The van der Waals surface area contributed by atoms with Crippen LogP contribution in [0.2, 0.25) is 0 Å². The summed E-state index contributed by atoms with van der Waals surface area (Å²) in [4.78, 5) is 15.0. The molecule has 74 valence electrons. The molecule has 4 heteroatoms. The number of halogens is 1. The Morgan fingerprint density at radius 3 is 2.71 bits per heavy atom. The minimum absolute atomic E-state index is 0.344. The fourth-order valence-electron chi connectivity index (χ4n) is 1.78. The van der Waals surface area contributed by atoms with Crippen LogP contribution in [0.3, 0.4) is 0 Å². The minimum atomic E-state index is -0.928. The lowest BCUT2D eigenvalue weighted by atomic mass is 9.66. The highest BCUT2D eigenvalue weighted by molar-refractivity contribution is 5.81. The van der Waals surface area contributed by atoms with Gasteiger partial charge in [0.25, 0.3) is 0 Å². The summed E-state index contributed by atoms with van der Waals surface area (Å²) in [5, 5.41) is 9.07. The Labute approximate surface area is 80.6 Å². The van der Waals surface area contributed by atoms with Gasteiger partial charge in [-0.1, -0.05) is 6.42 Å². The third kappa shape index (κ3) is 1.18. The number of aliphatic carboxylic acids is 1. The molecule has 1 aromatic rings. The van der Waals surface area contributed by atoms with Gasteiger partial charge in [-0.2, -0.15) is 0 Å². The van der Waals surface area contributed by atoms with Crippen molar-refractivity contribution in [2.45, 2.75) is 24.7 Å². The highest BCUT2D eigenvalue weighted by Gasteiger charge is 2.47. The number of carboxylic acids is 1. The van der Waals surface area contributed by atoms with E-state index in [-0.39, 0.29) is 0 Å². The molecule has 1 heterocycles. The van der Waals surface area contributed by atoms with Crippen molar-refractivity contribution >= 4 is 5.97 Å². The molecule has 1 fully saturated rings. The van der Waals surface area contributed by atoms with Crippen molar-refractivity contribution in [3.63, 3.8) is 0 Å². The first-order valence-electron chi connectivity index (χ1n) is 4.50. The van der Waals surface area contributed by atoms with E-state index in [1.165, 1.54) is 18.3 Å². The van der Waals surface area contributed by atoms with E-state index in [1.807, 2.05) is 0 Å². The van der Waals surface area contributed by atoms with Crippen LogP contribution in [-0.2, 0) is 10.2 Å². The van der Waals surface area contributed by atoms with Gasteiger partial charge in [0.1, 0.15) is 11.2 Å². The Morgan fingerprint density at radius 1 is 1.57 bits per heavy atom. The molecule has 3 nitrogen and oxygen atoms in total. The van der Waals surface area contributed by atoms with Crippen molar-refractivity contribution in [1.29, 1.82) is 0 Å². The molecule has 0 bridgehead atoms. The summed E-state index contributed by atoms with van der Waals surface area (Å²) in [6.45, 7) is 0. The molecule has 0 aliphatic heterocycles. The SMILES string of the molecule is O=C(O)C1(c2cc(F)ccn2)CCC1. The van der Waals surface area contributed by atoms with E-state index >= 15 is 0 Å². The third-order valence-corrected chi connectivity index (χ3v) is 2.83. The smallest absolute Gasteiger partial charge is 0.315 e. The number of hydrogen-bond donors (Lipinski definition) is 1. The van der Waals surface area contributed by atoms with Crippen LogP contribution in [-0.4, -0.2) is 16.1 Å². The monoisotopic (exact) mass is 195 g/mol. The second-order valence-corrected chi connectivity index (χ2v) is 3.60. The lowest BCUT2D eigenvalue weighted by molar-refractivity contribution is -0.147. The summed E-state index contributed by atoms with van der Waals surface area (Å²) < 4.78 is 12.9. The van der Waals surface area contributed by atoms with E-state index in [4.69, 9.17) is 5.11 Å². The summed E-state index contributed by atoms with van der Waals surface area (Å²) >= 11 is 0. The van der Waals surface area contributed by atoms with E-state index in [1.54, 1.807) is 0 Å². The first kappa shape index (κ1) is 9.12. The number of pyridine rings is 1. The molecule has 2 rings (SSSR count). The van der Waals surface area contributed by atoms with Crippen molar-refractivity contribution < 1.29 is 14.3 Å². The zero-order valence-electron chi connectivity index (χ0n) is 7.53. The van der Waals surface area contributed by atoms with Gasteiger partial charge in [-0.05, 0) is 25.0 Å². The van der Waals surface area contributed by atoms with E-state index in [0.29, 0.717) is 18.5 Å². The van der Waals surface area contributed by atoms with Gasteiger partial charge in [0, 0.05) is 6.20 Å². The Kier molecular flexibility index (Phi) is 1.98. The van der Waals surface area contributed by atoms with Gasteiger partial charge in [-0.3, -0.25) is 9.78 Å². The van der Waals surface area contributed by atoms with Crippen molar-refractivity contribution in [2.24, 2.45) is 0 Å². The maximum Gasteiger partial charge on any atom is 0.315 e. The van der Waals surface area contributed by atoms with Crippen LogP contribution >= 0.6 is 0 Å². The Morgan fingerprint density at radius 2 is 2.29 bits per heavy atom. The molecule has 1 saturated carbocycles. The van der Waals surface area contributed by atoms with Crippen LogP contribution in [0.4, 0.5) is 4.39 Å². The molecule has 0 aromatic carbocycles. The van der Waals surface area contributed by atoms with Gasteiger partial charge in [0.05, 0.1) is 5.69 Å². The largest absolute Gasteiger partial charge is 0.481 e. The van der Waals surface area contributed by atoms with Gasteiger partial charge >= 0.3 is 5.97 Å². The summed E-state index contributed by atoms with van der Waals surface area (Å²) in [5.41, 5.74) is -0.585. The minimum Gasteiger partial charge on any atom is -0.481 e. The maximum atomic E-state index is 12.9. The normalized spacial score (nSPS) is 18.6. The fraction of sp³-hybridized carbons (Fsp3) is 0.400. The maximum absolute atomic E-state index is 12.9. The molecule has 0 amide bonds. The molecule has 1 aliphatic carbocycles. The molecule has 1 aliphatic rings. The average Bonchev–Trinajstić information content (AvgIpc) is 2.00. The Hall–Kier alpha value is -1.45. The van der Waals surface area contributed by atoms with Gasteiger partial charge in [-0.15, -0.1) is 0 Å². The van der Waals surface area contributed by atoms with Crippen molar-refractivity contribution in [2.75, 3.05) is 0 Å². The number of carboxylic acid groups (broad SMARTS) is 1. The molecular weight excluding hydrogens is 185 g/mol. The Balaban J connectivity index is 2.42. The van der Waals surface area contributed by atoms with Crippen LogP contribution in [0.25, 0.3) is 0 Å². The number of rotatable bonds is 2. The van der Waals surface area contributed by atoms with Crippen molar-refractivity contribution in [1.82, 2.24) is 4.98 Å². The first-order chi connectivity index (χ1) is 6.65. The molecule has 0 spiro atoms. The summed E-state index contributed by atoms with van der Waals surface area (Å²) in [7, 11) is 0. The molecule has 0 unspecified atom stereocenters. The molecule has 1 N–H and O–H groups in total. The standard InChI is InChI=1S/C10H10FNO2/c11-7-2-5-12-8(6-7)10(9(13)14)3-1-4-10/h2,5-6H,1,3-4H2,(H,13,14). The van der Waals surface area contributed by atoms with E-state index < -0.39 is 17.2 Å². The van der Waals surface area contributed by atoms with Crippen LogP contribution in [0, 0.1) is 5.82 Å². The Bertz CT molecular complexity index is 374. The second kappa shape index (κ2) is 3.04. The number of hydrogen-bond acceptors (Lipinski definition) is 2. The molecule has 14 heavy (non-hydrogen) atoms. The topological polar surface area (TPSA) is 50.2 Å². The van der Waals surface area contributed by atoms with Crippen LogP contribution in [0.15, 0.2) is 18.3 Å². The zero-order valence-corrected chi connectivity index (χ0v) is 7.53. The number of aromatic nitrogens is 1. The average molecular weight is 195 g/mol. The summed E-state index contributed by atoms with van der Waals surface area (Å²) in [6.07, 6.45) is 3.29. The lowest BCUT2D eigenvalue weighted by Crippen LogP contribution is -2.43. The van der Waals surface area contributed by atoms with Gasteiger partial charge < -0.3 is 5.11 Å². The third-order valence-electron chi connectivity index (χ3n) is 2.83. The van der Waals surface area contributed by atoms with Crippen LogP contribution in [0.5, 0.6) is 0 Å². The van der Waals surface area contributed by atoms with Crippen LogP contribution in [0.1, 0.15) is 25.0 Å². The highest BCUT2D eigenvalue weighted by Crippen LogP contribution is 2.43. The molecular formula is C10H10FNO2. The number of carbonyl (C=O) groups is 1. The summed E-state index contributed by atoms with van der Waals surface area (Å²) in [5.74, 6) is -1.33. The first-order valence-corrected chi connectivity index (χ1v) is 4.50. The quantitative estimate of drug-likeness (QED) is 0.781. The van der Waals surface area contributed by atoms with Crippen molar-refractivity contribution in [3.8, 4) is 0 Å². The highest BCUT2D eigenvalue weighted by atomic mass is 19.1. The van der Waals surface area contributed by atoms with Gasteiger partial charge in [0.2, 0.25) is 0 Å². The predicted molar refractivity (Wildman–Crippen MR) is 47.4 cm³/mol. The fourth-order valence-corrected chi connectivity index (χ4v) is 1.78.